The van der Waals surface area contributed by atoms with Crippen LogP contribution >= 0.6 is 0 Å². The molecule has 0 spiro atoms. The van der Waals surface area contributed by atoms with Crippen LogP contribution in [0, 0.1) is 23.6 Å². The minimum absolute atomic E-state index is 0.155. The molecule has 3 rings (SSSR count). The van der Waals surface area contributed by atoms with E-state index >= 15 is 0 Å². The highest BCUT2D eigenvalue weighted by atomic mass is 19.1. The standard InChI is InChI=1S/C17H25FN2/c1-2-6-20-17(15-5-7-19-11-16(15)18)10-14-9-12-3-4-13(14)8-12/h5,7,11-14,17,20H,2-4,6,8-10H2,1H3. The monoisotopic (exact) mass is 276 g/mol. The zero-order valence-electron chi connectivity index (χ0n) is 12.3. The predicted octanol–water partition coefficient (Wildman–Crippen LogP) is 4.09. The van der Waals surface area contributed by atoms with Crippen molar-refractivity contribution in [3.8, 4) is 0 Å². The molecular formula is C17H25FN2. The summed E-state index contributed by atoms with van der Waals surface area (Å²) in [6.07, 6.45) is 10.8. The van der Waals surface area contributed by atoms with Crippen LogP contribution in [-0.2, 0) is 0 Å². The second-order valence-electron chi connectivity index (χ2n) is 6.57. The van der Waals surface area contributed by atoms with Gasteiger partial charge >= 0.3 is 0 Å². The van der Waals surface area contributed by atoms with E-state index < -0.39 is 0 Å². The van der Waals surface area contributed by atoms with Crippen LogP contribution < -0.4 is 5.32 Å². The number of hydrogen-bond acceptors (Lipinski definition) is 2. The van der Waals surface area contributed by atoms with Crippen molar-refractivity contribution in [3.05, 3.63) is 29.8 Å². The number of aromatic nitrogens is 1. The van der Waals surface area contributed by atoms with E-state index in [-0.39, 0.29) is 11.9 Å². The zero-order valence-corrected chi connectivity index (χ0v) is 12.3. The molecule has 1 aromatic heterocycles. The molecule has 3 heteroatoms. The molecule has 0 aliphatic heterocycles. The van der Waals surface area contributed by atoms with Gasteiger partial charge in [0.1, 0.15) is 5.82 Å². The number of nitrogens with zero attached hydrogens (tertiary/aromatic N) is 1. The molecule has 1 heterocycles. The lowest BCUT2D eigenvalue weighted by atomic mass is 9.83. The lowest BCUT2D eigenvalue weighted by Crippen LogP contribution is -2.27. The molecule has 20 heavy (non-hydrogen) atoms. The van der Waals surface area contributed by atoms with Crippen LogP contribution in [0.4, 0.5) is 4.39 Å². The average Bonchev–Trinajstić information content (AvgIpc) is 3.06. The Morgan fingerprint density at radius 2 is 2.30 bits per heavy atom. The van der Waals surface area contributed by atoms with Crippen LogP contribution in [0.15, 0.2) is 18.5 Å². The second kappa shape index (κ2) is 6.21. The van der Waals surface area contributed by atoms with Crippen LogP contribution in [0.25, 0.3) is 0 Å². The molecule has 2 aliphatic rings. The molecule has 0 aromatic carbocycles. The molecule has 2 aliphatic carbocycles. The molecule has 110 valence electrons. The highest BCUT2D eigenvalue weighted by Gasteiger charge is 2.40. The summed E-state index contributed by atoms with van der Waals surface area (Å²) in [7, 11) is 0. The first-order valence-corrected chi connectivity index (χ1v) is 8.10. The van der Waals surface area contributed by atoms with Gasteiger partial charge in [0.25, 0.3) is 0 Å². The van der Waals surface area contributed by atoms with Gasteiger partial charge in [0, 0.05) is 17.8 Å². The van der Waals surface area contributed by atoms with E-state index in [4.69, 9.17) is 0 Å². The number of hydrogen-bond donors (Lipinski definition) is 1. The Kier molecular flexibility index (Phi) is 4.35. The van der Waals surface area contributed by atoms with Crippen molar-refractivity contribution < 1.29 is 4.39 Å². The van der Waals surface area contributed by atoms with Crippen LogP contribution in [0.2, 0.25) is 0 Å². The highest BCUT2D eigenvalue weighted by molar-refractivity contribution is 5.18. The first-order chi connectivity index (χ1) is 9.78. The summed E-state index contributed by atoms with van der Waals surface area (Å²) >= 11 is 0. The Morgan fingerprint density at radius 1 is 1.40 bits per heavy atom. The number of nitrogens with one attached hydrogen (secondary N) is 1. The molecule has 2 fully saturated rings. The third-order valence-electron chi connectivity index (χ3n) is 5.24. The number of pyridine rings is 1. The smallest absolute Gasteiger partial charge is 0.146 e. The first-order valence-electron chi connectivity index (χ1n) is 8.10. The van der Waals surface area contributed by atoms with Gasteiger partial charge in [-0.25, -0.2) is 4.39 Å². The van der Waals surface area contributed by atoms with Gasteiger partial charge in [-0.05, 0) is 62.5 Å². The van der Waals surface area contributed by atoms with Gasteiger partial charge in [-0.3, -0.25) is 4.98 Å². The fourth-order valence-corrected chi connectivity index (χ4v) is 4.28. The number of halogens is 1. The van der Waals surface area contributed by atoms with Gasteiger partial charge < -0.3 is 5.32 Å². The maximum absolute atomic E-state index is 14.0. The van der Waals surface area contributed by atoms with Crippen molar-refractivity contribution >= 4 is 0 Å². The van der Waals surface area contributed by atoms with E-state index in [9.17, 15) is 4.39 Å². The maximum Gasteiger partial charge on any atom is 0.146 e. The highest BCUT2D eigenvalue weighted by Crippen LogP contribution is 2.51. The minimum atomic E-state index is -0.163. The van der Waals surface area contributed by atoms with Crippen LogP contribution in [0.3, 0.4) is 0 Å². The molecule has 1 aromatic rings. The van der Waals surface area contributed by atoms with Crippen molar-refractivity contribution in [1.82, 2.24) is 10.3 Å². The molecule has 1 N–H and O–H groups in total. The molecule has 2 nitrogen and oxygen atoms in total. The Hall–Kier alpha value is -0.960. The van der Waals surface area contributed by atoms with Crippen molar-refractivity contribution in [2.45, 2.75) is 51.5 Å². The fraction of sp³-hybridized carbons (Fsp3) is 0.706. The largest absolute Gasteiger partial charge is 0.310 e. The lowest BCUT2D eigenvalue weighted by molar-refractivity contribution is 0.276. The summed E-state index contributed by atoms with van der Waals surface area (Å²) in [5.74, 6) is 2.48. The Bertz CT molecular complexity index is 448. The lowest BCUT2D eigenvalue weighted by Gasteiger charge is -2.28. The van der Waals surface area contributed by atoms with E-state index in [0.717, 1.165) is 42.7 Å². The fourth-order valence-electron chi connectivity index (χ4n) is 4.28. The summed E-state index contributed by atoms with van der Waals surface area (Å²) < 4.78 is 14.0. The Labute approximate surface area is 121 Å². The molecule has 0 radical (unpaired) electrons. The third-order valence-corrected chi connectivity index (χ3v) is 5.24. The summed E-state index contributed by atoms with van der Waals surface area (Å²) in [4.78, 5) is 3.87. The number of fused-ring (bicyclic) bond motifs is 2. The molecular weight excluding hydrogens is 251 g/mol. The second-order valence-corrected chi connectivity index (χ2v) is 6.57. The third kappa shape index (κ3) is 2.88. The zero-order chi connectivity index (χ0) is 13.9. The van der Waals surface area contributed by atoms with Gasteiger partial charge in [-0.1, -0.05) is 13.3 Å². The van der Waals surface area contributed by atoms with E-state index in [1.165, 1.54) is 31.9 Å². The van der Waals surface area contributed by atoms with E-state index in [0.29, 0.717) is 0 Å². The van der Waals surface area contributed by atoms with Gasteiger partial charge in [-0.2, -0.15) is 0 Å². The Balaban J connectivity index is 1.71. The van der Waals surface area contributed by atoms with Gasteiger partial charge in [0.2, 0.25) is 0 Å². The number of rotatable bonds is 6. The predicted molar refractivity (Wildman–Crippen MR) is 78.8 cm³/mol. The summed E-state index contributed by atoms with van der Waals surface area (Å²) in [5, 5.41) is 3.55. The molecule has 4 atom stereocenters. The van der Waals surface area contributed by atoms with Gasteiger partial charge in [0.05, 0.1) is 6.20 Å². The van der Waals surface area contributed by atoms with Crippen molar-refractivity contribution in [3.63, 3.8) is 0 Å². The normalized spacial score (nSPS) is 29.8. The quantitative estimate of drug-likeness (QED) is 0.846. The average molecular weight is 276 g/mol. The maximum atomic E-state index is 14.0. The van der Waals surface area contributed by atoms with Crippen LogP contribution in [0.5, 0.6) is 0 Å². The summed E-state index contributed by atoms with van der Waals surface area (Å²) in [6, 6.07) is 2.00. The van der Waals surface area contributed by atoms with Crippen LogP contribution in [-0.4, -0.2) is 11.5 Å². The van der Waals surface area contributed by atoms with E-state index in [1.807, 2.05) is 6.07 Å². The van der Waals surface area contributed by atoms with Crippen LogP contribution in [0.1, 0.15) is 57.1 Å². The molecule has 0 amide bonds. The topological polar surface area (TPSA) is 24.9 Å². The van der Waals surface area contributed by atoms with E-state index in [1.54, 1.807) is 6.20 Å². The van der Waals surface area contributed by atoms with E-state index in [2.05, 4.69) is 17.2 Å². The molecule has 4 unspecified atom stereocenters. The molecule has 2 bridgehead atoms. The minimum Gasteiger partial charge on any atom is -0.310 e. The van der Waals surface area contributed by atoms with Crippen molar-refractivity contribution in [1.29, 1.82) is 0 Å². The van der Waals surface area contributed by atoms with Gasteiger partial charge in [-0.15, -0.1) is 0 Å². The van der Waals surface area contributed by atoms with Gasteiger partial charge in [0.15, 0.2) is 0 Å². The summed E-state index contributed by atoms with van der Waals surface area (Å²) in [6.45, 7) is 3.11. The Morgan fingerprint density at radius 3 is 2.95 bits per heavy atom. The summed E-state index contributed by atoms with van der Waals surface area (Å²) in [5.41, 5.74) is 0.802. The molecule has 0 saturated heterocycles. The van der Waals surface area contributed by atoms with Crippen molar-refractivity contribution in [2.75, 3.05) is 6.54 Å². The SMILES string of the molecule is CCCNC(CC1CC2CCC1C2)c1ccncc1F. The molecule has 2 saturated carbocycles. The van der Waals surface area contributed by atoms with Crippen molar-refractivity contribution in [2.24, 2.45) is 17.8 Å². The first kappa shape index (κ1) is 14.0.